The maximum atomic E-state index is 10.1. The molecule has 0 saturated carbocycles. The van der Waals surface area contributed by atoms with E-state index in [9.17, 15) is 5.11 Å². The van der Waals surface area contributed by atoms with Gasteiger partial charge in [-0.2, -0.15) is 0 Å². The Bertz CT molecular complexity index is 399. The minimum atomic E-state index is -0.565. The molecule has 0 aliphatic rings. The number of rotatable bonds is 7. The smallest absolute Gasteiger partial charge is 0.102 e. The lowest BCUT2D eigenvalue weighted by Crippen LogP contribution is -2.25. The highest BCUT2D eigenvalue weighted by Crippen LogP contribution is 2.18. The lowest BCUT2D eigenvalue weighted by atomic mass is 10.0. The number of aliphatic hydroxyl groups is 1. The molecule has 3 nitrogen and oxygen atoms in total. The van der Waals surface area contributed by atoms with E-state index < -0.39 is 6.10 Å². The van der Waals surface area contributed by atoms with Crippen LogP contribution in [0.25, 0.3) is 0 Å². The predicted octanol–water partition coefficient (Wildman–Crippen LogP) is 3.17. The number of ether oxygens (including phenoxy) is 2. The Labute approximate surface area is 116 Å². The number of benzene rings is 1. The lowest BCUT2D eigenvalue weighted by molar-refractivity contribution is -0.0249. The molecule has 108 valence electrons. The van der Waals surface area contributed by atoms with E-state index in [4.69, 9.17) is 9.47 Å². The summed E-state index contributed by atoms with van der Waals surface area (Å²) in [5, 5.41) is 10.1. The zero-order chi connectivity index (χ0) is 14.5. The van der Waals surface area contributed by atoms with Crippen LogP contribution < -0.4 is 0 Å². The van der Waals surface area contributed by atoms with Gasteiger partial charge in [-0.1, -0.05) is 18.2 Å². The quantitative estimate of drug-likeness (QED) is 0.770. The van der Waals surface area contributed by atoms with Crippen molar-refractivity contribution in [1.29, 1.82) is 0 Å². The summed E-state index contributed by atoms with van der Waals surface area (Å²) in [4.78, 5) is 0. The van der Waals surface area contributed by atoms with E-state index in [1.54, 1.807) is 7.11 Å². The molecule has 0 aliphatic carbocycles. The van der Waals surface area contributed by atoms with Gasteiger partial charge in [0.25, 0.3) is 0 Å². The van der Waals surface area contributed by atoms with Gasteiger partial charge < -0.3 is 14.6 Å². The zero-order valence-electron chi connectivity index (χ0n) is 12.7. The summed E-state index contributed by atoms with van der Waals surface area (Å²) in [5.74, 6) is 0. The van der Waals surface area contributed by atoms with Crippen molar-refractivity contribution in [2.75, 3.05) is 20.3 Å². The second-order valence-electron chi connectivity index (χ2n) is 5.65. The molecule has 1 aromatic rings. The summed E-state index contributed by atoms with van der Waals surface area (Å²) >= 11 is 0. The molecule has 0 radical (unpaired) electrons. The van der Waals surface area contributed by atoms with Crippen LogP contribution in [0.15, 0.2) is 18.2 Å². The van der Waals surface area contributed by atoms with E-state index in [0.29, 0.717) is 13.2 Å². The van der Waals surface area contributed by atoms with Crippen LogP contribution in [0.4, 0.5) is 0 Å². The fourth-order valence-electron chi connectivity index (χ4n) is 1.68. The highest BCUT2D eigenvalue weighted by Gasteiger charge is 2.16. The van der Waals surface area contributed by atoms with E-state index in [2.05, 4.69) is 6.92 Å². The molecule has 0 aromatic heterocycles. The molecule has 0 aliphatic heterocycles. The standard InChI is InChI=1S/C16H26O3/c1-12-6-7-14(10-13(12)2)15(17)11-19-9-8-16(3,4)18-5/h6-7,10,15,17H,8-9,11H2,1-5H3. The minimum absolute atomic E-state index is 0.175. The third-order valence-corrected chi connectivity index (χ3v) is 3.59. The SMILES string of the molecule is COC(C)(C)CCOCC(O)c1ccc(C)c(C)c1. The summed E-state index contributed by atoms with van der Waals surface area (Å²) < 4.78 is 10.8. The molecule has 0 saturated heterocycles. The molecular weight excluding hydrogens is 240 g/mol. The number of aryl methyl sites for hydroxylation is 2. The summed E-state index contributed by atoms with van der Waals surface area (Å²) in [6.07, 6.45) is 0.244. The van der Waals surface area contributed by atoms with Crippen molar-refractivity contribution < 1.29 is 14.6 Å². The average molecular weight is 266 g/mol. The molecule has 0 fully saturated rings. The van der Waals surface area contributed by atoms with E-state index in [0.717, 1.165) is 12.0 Å². The maximum Gasteiger partial charge on any atom is 0.102 e. The van der Waals surface area contributed by atoms with E-state index in [-0.39, 0.29) is 5.60 Å². The third kappa shape index (κ3) is 5.31. The molecule has 1 aromatic carbocycles. The van der Waals surface area contributed by atoms with Gasteiger partial charge in [0.1, 0.15) is 6.10 Å². The Balaban J connectivity index is 2.39. The Morgan fingerprint density at radius 2 is 1.89 bits per heavy atom. The molecule has 1 atom stereocenters. The van der Waals surface area contributed by atoms with Crippen LogP contribution >= 0.6 is 0 Å². The second-order valence-corrected chi connectivity index (χ2v) is 5.65. The normalized spacial score (nSPS) is 13.6. The largest absolute Gasteiger partial charge is 0.386 e. The van der Waals surface area contributed by atoms with Crippen LogP contribution in [0.2, 0.25) is 0 Å². The molecule has 0 amide bonds. The predicted molar refractivity (Wildman–Crippen MR) is 77.4 cm³/mol. The summed E-state index contributed by atoms with van der Waals surface area (Å²) in [6.45, 7) is 9.07. The topological polar surface area (TPSA) is 38.7 Å². The average Bonchev–Trinajstić information content (AvgIpc) is 2.37. The molecule has 0 bridgehead atoms. The van der Waals surface area contributed by atoms with Crippen LogP contribution in [0.1, 0.15) is 43.1 Å². The third-order valence-electron chi connectivity index (χ3n) is 3.59. The summed E-state index contributed by atoms with van der Waals surface area (Å²) in [6, 6.07) is 6.00. The van der Waals surface area contributed by atoms with Crippen molar-refractivity contribution >= 4 is 0 Å². The van der Waals surface area contributed by atoms with Gasteiger partial charge in [0, 0.05) is 13.7 Å². The molecule has 1 unspecified atom stereocenters. The summed E-state index contributed by atoms with van der Waals surface area (Å²) in [7, 11) is 1.70. The first kappa shape index (κ1) is 16.2. The van der Waals surface area contributed by atoms with E-state index >= 15 is 0 Å². The van der Waals surface area contributed by atoms with Gasteiger partial charge in [-0.15, -0.1) is 0 Å². The molecule has 1 rings (SSSR count). The van der Waals surface area contributed by atoms with E-state index in [1.165, 1.54) is 11.1 Å². The number of methoxy groups -OCH3 is 1. The van der Waals surface area contributed by atoms with Gasteiger partial charge >= 0.3 is 0 Å². The highest BCUT2D eigenvalue weighted by molar-refractivity contribution is 5.31. The van der Waals surface area contributed by atoms with Crippen molar-refractivity contribution in [3.63, 3.8) is 0 Å². The van der Waals surface area contributed by atoms with Gasteiger partial charge in [-0.3, -0.25) is 0 Å². The van der Waals surface area contributed by atoms with Gasteiger partial charge in [-0.25, -0.2) is 0 Å². The number of hydrogen-bond donors (Lipinski definition) is 1. The van der Waals surface area contributed by atoms with Crippen molar-refractivity contribution in [2.24, 2.45) is 0 Å². The van der Waals surface area contributed by atoms with Crippen LogP contribution in [0.3, 0.4) is 0 Å². The first-order valence-electron chi connectivity index (χ1n) is 6.74. The Kier molecular flexibility index (Phi) is 5.98. The molecular formula is C16H26O3. The Hall–Kier alpha value is -0.900. The molecule has 3 heteroatoms. The Morgan fingerprint density at radius 1 is 1.21 bits per heavy atom. The molecule has 0 heterocycles. The zero-order valence-corrected chi connectivity index (χ0v) is 12.7. The van der Waals surface area contributed by atoms with Crippen molar-refractivity contribution in [3.05, 3.63) is 34.9 Å². The second kappa shape index (κ2) is 7.04. The fraction of sp³-hybridized carbons (Fsp3) is 0.625. The van der Waals surface area contributed by atoms with Crippen LogP contribution in [0, 0.1) is 13.8 Å². The number of hydrogen-bond acceptors (Lipinski definition) is 3. The van der Waals surface area contributed by atoms with Gasteiger partial charge in [0.15, 0.2) is 0 Å². The van der Waals surface area contributed by atoms with Crippen LogP contribution in [0.5, 0.6) is 0 Å². The number of aliphatic hydroxyl groups excluding tert-OH is 1. The molecule has 19 heavy (non-hydrogen) atoms. The van der Waals surface area contributed by atoms with Crippen LogP contribution in [-0.4, -0.2) is 31.0 Å². The van der Waals surface area contributed by atoms with Gasteiger partial charge in [-0.05, 0) is 50.8 Å². The first-order valence-corrected chi connectivity index (χ1v) is 6.74. The van der Waals surface area contributed by atoms with Crippen molar-refractivity contribution in [1.82, 2.24) is 0 Å². The monoisotopic (exact) mass is 266 g/mol. The van der Waals surface area contributed by atoms with Crippen molar-refractivity contribution in [3.8, 4) is 0 Å². The van der Waals surface area contributed by atoms with E-state index in [1.807, 2.05) is 39.0 Å². The van der Waals surface area contributed by atoms with Gasteiger partial charge in [0.2, 0.25) is 0 Å². The first-order chi connectivity index (χ1) is 8.85. The minimum Gasteiger partial charge on any atom is -0.386 e. The highest BCUT2D eigenvalue weighted by atomic mass is 16.5. The van der Waals surface area contributed by atoms with Crippen molar-refractivity contribution in [2.45, 2.75) is 45.8 Å². The summed E-state index contributed by atoms with van der Waals surface area (Å²) in [5.41, 5.74) is 3.16. The van der Waals surface area contributed by atoms with Crippen LogP contribution in [-0.2, 0) is 9.47 Å². The molecule has 1 N–H and O–H groups in total. The lowest BCUT2D eigenvalue weighted by Gasteiger charge is -2.23. The maximum absolute atomic E-state index is 10.1. The Morgan fingerprint density at radius 3 is 2.47 bits per heavy atom. The fourth-order valence-corrected chi connectivity index (χ4v) is 1.68. The van der Waals surface area contributed by atoms with Gasteiger partial charge in [0.05, 0.1) is 12.2 Å². The molecule has 0 spiro atoms.